The highest BCUT2D eigenvalue weighted by Crippen LogP contribution is 2.06. The highest BCUT2D eigenvalue weighted by molar-refractivity contribution is 7.80. The van der Waals surface area contributed by atoms with Gasteiger partial charge in [0.05, 0.1) is 11.1 Å². The molecule has 0 bridgehead atoms. The molecular formula is C11H12N3O2S+. The number of thiol groups is 1. The van der Waals surface area contributed by atoms with Crippen LogP contribution in [0.1, 0.15) is 15.9 Å². The van der Waals surface area contributed by atoms with Crippen LogP contribution in [0.2, 0.25) is 0 Å². The van der Waals surface area contributed by atoms with E-state index in [4.69, 9.17) is 4.74 Å². The summed E-state index contributed by atoms with van der Waals surface area (Å²) in [4.78, 5) is 11.5. The van der Waals surface area contributed by atoms with Crippen LogP contribution < -0.4 is 5.32 Å². The van der Waals surface area contributed by atoms with Crippen molar-refractivity contribution in [1.82, 2.24) is 0 Å². The molecule has 0 fully saturated rings. The molecule has 1 aromatic rings. The van der Waals surface area contributed by atoms with Gasteiger partial charge >= 0.3 is 5.97 Å². The summed E-state index contributed by atoms with van der Waals surface area (Å²) >= 11 is 3.97. The molecule has 5 nitrogen and oxygen atoms in total. The van der Waals surface area contributed by atoms with Crippen molar-refractivity contribution >= 4 is 30.8 Å². The van der Waals surface area contributed by atoms with Gasteiger partial charge in [-0.3, -0.25) is 5.32 Å². The van der Waals surface area contributed by atoms with Gasteiger partial charge in [-0.25, -0.2) is 4.79 Å². The standard InChI is InChI=1S/C11H11N3O2S/c15-11(16-5-6-17)9-3-1-8(2-4-9)10-12-7-13-14-10/h1-4,7,17H,5-6H2,(H,12,13,14)/p+1. The van der Waals surface area contributed by atoms with Crippen molar-refractivity contribution in [3.05, 3.63) is 35.4 Å². The van der Waals surface area contributed by atoms with Crippen molar-refractivity contribution < 1.29 is 14.8 Å². The number of benzene rings is 1. The number of nitrogens with zero attached hydrogens (tertiary/aromatic N) is 2. The van der Waals surface area contributed by atoms with E-state index in [1.54, 1.807) is 18.5 Å². The fraction of sp³-hybridized carbons (Fsp3) is 0.182. The maximum atomic E-state index is 11.5. The summed E-state index contributed by atoms with van der Waals surface area (Å²) in [5.41, 5.74) is 1.45. The highest BCUT2D eigenvalue weighted by Gasteiger charge is 2.12. The lowest BCUT2D eigenvalue weighted by Gasteiger charge is -2.03. The van der Waals surface area contributed by atoms with Crippen molar-refractivity contribution in [2.45, 2.75) is 0 Å². The van der Waals surface area contributed by atoms with Crippen LogP contribution in [0.5, 0.6) is 0 Å². The fourth-order valence-electron chi connectivity index (χ4n) is 1.39. The van der Waals surface area contributed by atoms with Gasteiger partial charge in [0.15, 0.2) is 0 Å². The number of nitrogens with two attached hydrogens (primary N) is 1. The molecular weight excluding hydrogens is 238 g/mol. The zero-order chi connectivity index (χ0) is 12.1. The minimum absolute atomic E-state index is 0.317. The van der Waals surface area contributed by atoms with E-state index in [9.17, 15) is 4.79 Å². The third kappa shape index (κ3) is 2.92. The second-order valence-electron chi connectivity index (χ2n) is 3.35. The molecule has 1 aromatic carbocycles. The largest absolute Gasteiger partial charge is 0.461 e. The first-order valence-corrected chi connectivity index (χ1v) is 5.77. The zero-order valence-corrected chi connectivity index (χ0v) is 9.93. The molecule has 0 aromatic heterocycles. The number of carbonyl (C=O) groups is 1. The Morgan fingerprint density at radius 1 is 1.35 bits per heavy atom. The van der Waals surface area contributed by atoms with Crippen molar-refractivity contribution in [2.75, 3.05) is 12.4 Å². The van der Waals surface area contributed by atoms with Crippen LogP contribution in [0.4, 0.5) is 0 Å². The number of carbonyl (C=O) groups excluding carboxylic acids is 1. The van der Waals surface area contributed by atoms with E-state index < -0.39 is 0 Å². The summed E-state index contributed by atoms with van der Waals surface area (Å²) in [5, 5.41) is 9.49. The normalized spacial score (nSPS) is 13.6. The number of rotatable bonds is 4. The molecule has 0 radical (unpaired) electrons. The molecule has 1 aliphatic heterocycles. The van der Waals surface area contributed by atoms with E-state index in [2.05, 4.69) is 22.8 Å². The van der Waals surface area contributed by atoms with Crippen LogP contribution in [0.3, 0.4) is 0 Å². The Kier molecular flexibility index (Phi) is 3.89. The third-order valence-electron chi connectivity index (χ3n) is 2.21. The molecule has 0 amide bonds. The number of esters is 1. The summed E-state index contributed by atoms with van der Waals surface area (Å²) in [6.07, 6.45) is 1.63. The summed E-state index contributed by atoms with van der Waals surface area (Å²) in [6, 6.07) is 7.07. The molecule has 0 saturated heterocycles. The Hall–Kier alpha value is -1.66. The van der Waals surface area contributed by atoms with Gasteiger partial charge in [-0.15, -0.1) is 0 Å². The Morgan fingerprint density at radius 2 is 2.12 bits per heavy atom. The smallest absolute Gasteiger partial charge is 0.338 e. The second kappa shape index (κ2) is 5.60. The first kappa shape index (κ1) is 11.8. The molecule has 0 aliphatic carbocycles. The second-order valence-corrected chi connectivity index (χ2v) is 3.80. The summed E-state index contributed by atoms with van der Waals surface area (Å²) in [5.74, 6) is 0.979. The molecule has 0 saturated carbocycles. The number of amidine groups is 1. The topological polar surface area (TPSA) is 67.6 Å². The van der Waals surface area contributed by atoms with Crippen LogP contribution in [0.25, 0.3) is 0 Å². The van der Waals surface area contributed by atoms with Crippen molar-refractivity contribution in [3.8, 4) is 0 Å². The van der Waals surface area contributed by atoms with Gasteiger partial charge in [-0.2, -0.15) is 12.6 Å². The molecule has 1 aliphatic rings. The van der Waals surface area contributed by atoms with E-state index in [0.717, 1.165) is 11.4 Å². The maximum absolute atomic E-state index is 11.5. The van der Waals surface area contributed by atoms with E-state index in [1.165, 1.54) is 0 Å². The predicted molar refractivity (Wildman–Crippen MR) is 67.5 cm³/mol. The first-order chi connectivity index (χ1) is 8.31. The lowest BCUT2D eigenvalue weighted by molar-refractivity contribution is -0.390. The average Bonchev–Trinajstić information content (AvgIpc) is 2.90. The molecule has 2 N–H and O–H groups in total. The van der Waals surface area contributed by atoms with Gasteiger partial charge in [-0.05, 0) is 24.3 Å². The van der Waals surface area contributed by atoms with Gasteiger partial charge < -0.3 is 4.74 Å². The van der Waals surface area contributed by atoms with Crippen LogP contribution in [-0.4, -0.2) is 30.5 Å². The number of quaternary nitrogens is 1. The zero-order valence-electron chi connectivity index (χ0n) is 9.04. The Balaban J connectivity index is 2.05. The Labute approximate surface area is 104 Å². The third-order valence-corrected chi connectivity index (χ3v) is 2.39. The molecule has 2 rings (SSSR count). The average molecular weight is 250 g/mol. The predicted octanol–water partition coefficient (Wildman–Crippen LogP) is 0.0401. The lowest BCUT2D eigenvalue weighted by Crippen LogP contribution is -2.85. The molecule has 88 valence electrons. The number of hydrogen-bond acceptors (Lipinski definition) is 5. The molecule has 6 heteroatoms. The van der Waals surface area contributed by atoms with Crippen molar-refractivity contribution in [1.29, 1.82) is 0 Å². The maximum Gasteiger partial charge on any atom is 0.338 e. The Bertz CT molecular complexity index is 468. The molecule has 0 spiro atoms. The number of hydrogen-bond donors (Lipinski definition) is 2. The minimum atomic E-state index is -0.334. The van der Waals surface area contributed by atoms with Crippen molar-refractivity contribution in [2.24, 2.45) is 10.2 Å². The SMILES string of the molecule is O=C(OCCS)c1ccc(C2=NN=C[NH2+]2)cc1. The van der Waals surface area contributed by atoms with E-state index in [-0.39, 0.29) is 5.97 Å². The fourth-order valence-corrected chi connectivity index (χ4v) is 1.48. The van der Waals surface area contributed by atoms with E-state index in [1.807, 2.05) is 17.4 Å². The van der Waals surface area contributed by atoms with Crippen LogP contribution in [0, 0.1) is 0 Å². The van der Waals surface area contributed by atoms with E-state index >= 15 is 0 Å². The summed E-state index contributed by atoms with van der Waals surface area (Å²) in [6.45, 7) is 0.317. The van der Waals surface area contributed by atoms with Gasteiger partial charge in [-0.1, -0.05) is 10.2 Å². The molecule has 17 heavy (non-hydrogen) atoms. The monoisotopic (exact) mass is 250 g/mol. The number of ether oxygens (including phenoxy) is 1. The van der Waals surface area contributed by atoms with Gasteiger partial charge in [0, 0.05) is 5.75 Å². The lowest BCUT2D eigenvalue weighted by atomic mass is 10.1. The molecule has 0 atom stereocenters. The van der Waals surface area contributed by atoms with Crippen molar-refractivity contribution in [3.63, 3.8) is 0 Å². The highest BCUT2D eigenvalue weighted by atomic mass is 32.1. The van der Waals surface area contributed by atoms with Crippen LogP contribution in [-0.2, 0) is 4.74 Å². The van der Waals surface area contributed by atoms with Gasteiger partial charge in [0.1, 0.15) is 6.61 Å². The van der Waals surface area contributed by atoms with Gasteiger partial charge in [0.25, 0.3) is 5.84 Å². The molecule has 0 unspecified atom stereocenters. The molecule has 1 heterocycles. The first-order valence-electron chi connectivity index (χ1n) is 5.14. The Morgan fingerprint density at radius 3 is 2.71 bits per heavy atom. The van der Waals surface area contributed by atoms with Gasteiger partial charge in [0.2, 0.25) is 6.34 Å². The minimum Gasteiger partial charge on any atom is -0.461 e. The summed E-state index contributed by atoms with van der Waals surface area (Å²) in [7, 11) is 0. The quantitative estimate of drug-likeness (QED) is 0.585. The van der Waals surface area contributed by atoms with Crippen LogP contribution >= 0.6 is 12.6 Å². The van der Waals surface area contributed by atoms with Crippen LogP contribution in [0.15, 0.2) is 34.5 Å². The summed E-state index contributed by atoms with van der Waals surface area (Å²) < 4.78 is 4.96. The van der Waals surface area contributed by atoms with E-state index in [0.29, 0.717) is 17.9 Å².